The van der Waals surface area contributed by atoms with Gasteiger partial charge >= 0.3 is 0 Å². The molecule has 0 saturated carbocycles. The molecule has 138 valence electrons. The Hall–Kier alpha value is -3.86. The molecular weight excluding hydrogens is 350 g/mol. The second-order valence-corrected chi connectivity index (χ2v) is 5.62. The second kappa shape index (κ2) is 8.49. The summed E-state index contributed by atoms with van der Waals surface area (Å²) in [4.78, 5) is 22.8. The summed E-state index contributed by atoms with van der Waals surface area (Å²) in [6.07, 6.45) is 1.08. The van der Waals surface area contributed by atoms with E-state index in [9.17, 15) is 25.3 Å². The summed E-state index contributed by atoms with van der Waals surface area (Å²) in [5.41, 5.74) is 0.130. The summed E-state index contributed by atoms with van der Waals surface area (Å²) in [7, 11) is 1.24. The first-order chi connectivity index (χ1) is 12.9. The van der Waals surface area contributed by atoms with Crippen LogP contribution >= 0.6 is 0 Å². The number of aromatic hydroxyl groups is 1. The highest BCUT2D eigenvalue weighted by atomic mass is 16.6. The van der Waals surface area contributed by atoms with E-state index in [1.807, 2.05) is 30.3 Å². The fourth-order valence-corrected chi connectivity index (χ4v) is 2.39. The maximum absolute atomic E-state index is 12.4. The number of carbonyl (C=O) groups excluding carboxylic acids is 1. The minimum Gasteiger partial charge on any atom is -0.504 e. The molecule has 0 radical (unpaired) electrons. The van der Waals surface area contributed by atoms with E-state index >= 15 is 0 Å². The van der Waals surface area contributed by atoms with Gasteiger partial charge in [-0.25, -0.2) is 0 Å². The number of phenolic OH excluding ortho intramolecular Hbond substituents is 1. The number of amides is 1. The molecule has 0 aliphatic carbocycles. The van der Waals surface area contributed by atoms with Gasteiger partial charge in [0, 0.05) is 11.6 Å². The number of ether oxygens (including phenoxy) is 1. The summed E-state index contributed by atoms with van der Waals surface area (Å²) in [5.74, 6) is -1.20. The molecule has 27 heavy (non-hydrogen) atoms. The number of nitrogens with zero attached hydrogens (tertiary/aromatic N) is 2. The molecule has 8 heteroatoms. The van der Waals surface area contributed by atoms with Crippen molar-refractivity contribution in [2.24, 2.45) is 0 Å². The topological polar surface area (TPSA) is 125 Å². The maximum Gasteiger partial charge on any atom is 0.274 e. The van der Waals surface area contributed by atoms with Crippen molar-refractivity contribution in [3.63, 3.8) is 0 Å². The number of benzene rings is 2. The van der Waals surface area contributed by atoms with Crippen molar-refractivity contribution >= 4 is 17.7 Å². The molecule has 1 atom stereocenters. The molecule has 2 aromatic rings. The Kier molecular flexibility index (Phi) is 6.12. The van der Waals surface area contributed by atoms with Gasteiger partial charge in [0.2, 0.25) is 0 Å². The third kappa shape index (κ3) is 4.61. The molecule has 0 saturated heterocycles. The van der Waals surface area contributed by atoms with Crippen LogP contribution in [0.1, 0.15) is 24.1 Å². The van der Waals surface area contributed by atoms with Gasteiger partial charge in [0.15, 0.2) is 11.5 Å². The first-order valence-corrected chi connectivity index (χ1v) is 7.90. The molecule has 0 aliphatic rings. The van der Waals surface area contributed by atoms with E-state index in [-0.39, 0.29) is 28.6 Å². The molecule has 0 spiro atoms. The highest BCUT2D eigenvalue weighted by molar-refractivity contribution is 6.02. The molecule has 0 unspecified atom stereocenters. The number of rotatable bonds is 6. The van der Waals surface area contributed by atoms with E-state index in [1.54, 1.807) is 13.0 Å². The smallest absolute Gasteiger partial charge is 0.274 e. The zero-order valence-electron chi connectivity index (χ0n) is 14.7. The summed E-state index contributed by atoms with van der Waals surface area (Å²) in [5, 5.41) is 33.2. The number of methoxy groups -OCH3 is 1. The summed E-state index contributed by atoms with van der Waals surface area (Å²) in [6, 6.07) is 12.7. The van der Waals surface area contributed by atoms with E-state index in [2.05, 4.69) is 5.32 Å². The molecule has 2 N–H and O–H groups in total. The fraction of sp³-hybridized carbons (Fsp3) is 0.158. The minimum absolute atomic E-state index is 0.0693. The van der Waals surface area contributed by atoms with E-state index < -0.39 is 16.6 Å². The number of nitriles is 1. The lowest BCUT2D eigenvalue weighted by atomic mass is 10.1. The van der Waals surface area contributed by atoms with Gasteiger partial charge in [-0.2, -0.15) is 5.26 Å². The number of hydrogen-bond donors (Lipinski definition) is 2. The van der Waals surface area contributed by atoms with E-state index in [4.69, 9.17) is 4.74 Å². The number of non-ortho nitro benzene ring substituents is 1. The molecule has 1 amide bonds. The molecule has 2 aromatic carbocycles. The van der Waals surface area contributed by atoms with Gasteiger partial charge in [-0.05, 0) is 18.6 Å². The van der Waals surface area contributed by atoms with Gasteiger partial charge in [-0.3, -0.25) is 14.9 Å². The van der Waals surface area contributed by atoms with Crippen molar-refractivity contribution in [1.29, 1.82) is 5.26 Å². The number of nitro groups is 1. The van der Waals surface area contributed by atoms with Gasteiger partial charge in [-0.1, -0.05) is 30.3 Å². The standard InChI is InChI=1S/C19H17N3O5/c1-12(13-6-4-3-5-7-13)21-19(24)15(11-20)8-14-9-16(22(25)26)10-17(27-2)18(14)23/h3-10,12,23H,1-2H3,(H,21,24)/b15-8-/t12-/m0/s1. The number of hydrogen-bond acceptors (Lipinski definition) is 6. The minimum atomic E-state index is -0.668. The van der Waals surface area contributed by atoms with Crippen LogP contribution in [-0.4, -0.2) is 23.0 Å². The van der Waals surface area contributed by atoms with Crippen molar-refractivity contribution in [2.45, 2.75) is 13.0 Å². The molecule has 0 heterocycles. The predicted molar refractivity (Wildman–Crippen MR) is 97.9 cm³/mol. The quantitative estimate of drug-likeness (QED) is 0.350. The second-order valence-electron chi connectivity index (χ2n) is 5.62. The number of carbonyl (C=O) groups is 1. The van der Waals surface area contributed by atoms with Crippen molar-refractivity contribution in [3.05, 3.63) is 69.3 Å². The summed E-state index contributed by atoms with van der Waals surface area (Å²) in [6.45, 7) is 1.76. The molecular formula is C19H17N3O5. The van der Waals surface area contributed by atoms with E-state index in [0.29, 0.717) is 0 Å². The lowest BCUT2D eigenvalue weighted by Crippen LogP contribution is -2.27. The Labute approximate surface area is 155 Å². The third-order valence-corrected chi connectivity index (χ3v) is 3.83. The summed E-state index contributed by atoms with van der Waals surface area (Å²) < 4.78 is 4.91. The van der Waals surface area contributed by atoms with E-state index in [0.717, 1.165) is 23.8 Å². The van der Waals surface area contributed by atoms with Crippen LogP contribution < -0.4 is 10.1 Å². The van der Waals surface area contributed by atoms with Crippen LogP contribution in [0, 0.1) is 21.4 Å². The molecule has 8 nitrogen and oxygen atoms in total. The highest BCUT2D eigenvalue weighted by Gasteiger charge is 2.19. The lowest BCUT2D eigenvalue weighted by molar-refractivity contribution is -0.385. The van der Waals surface area contributed by atoms with Crippen LogP contribution in [0.5, 0.6) is 11.5 Å². The Bertz CT molecular complexity index is 932. The third-order valence-electron chi connectivity index (χ3n) is 3.83. The van der Waals surface area contributed by atoms with Gasteiger partial charge in [0.25, 0.3) is 11.6 Å². The van der Waals surface area contributed by atoms with Crippen LogP contribution in [0.25, 0.3) is 6.08 Å². The largest absolute Gasteiger partial charge is 0.504 e. The first kappa shape index (κ1) is 19.5. The van der Waals surface area contributed by atoms with Crippen LogP contribution in [0.4, 0.5) is 5.69 Å². The normalized spacial score (nSPS) is 12.0. The molecule has 0 aliphatic heterocycles. The monoisotopic (exact) mass is 367 g/mol. The van der Waals surface area contributed by atoms with E-state index in [1.165, 1.54) is 7.11 Å². The van der Waals surface area contributed by atoms with Crippen molar-refractivity contribution < 1.29 is 19.6 Å². The highest BCUT2D eigenvalue weighted by Crippen LogP contribution is 2.35. The van der Waals surface area contributed by atoms with Crippen LogP contribution in [0.2, 0.25) is 0 Å². The van der Waals surface area contributed by atoms with Crippen LogP contribution in [-0.2, 0) is 4.79 Å². The summed E-state index contributed by atoms with van der Waals surface area (Å²) >= 11 is 0. The maximum atomic E-state index is 12.4. The van der Waals surface area contributed by atoms with Crippen LogP contribution in [0.15, 0.2) is 48.0 Å². The fourth-order valence-electron chi connectivity index (χ4n) is 2.39. The zero-order chi connectivity index (χ0) is 20.0. The molecule has 0 bridgehead atoms. The number of nitrogens with one attached hydrogen (secondary N) is 1. The van der Waals surface area contributed by atoms with Crippen LogP contribution in [0.3, 0.4) is 0 Å². The Balaban J connectivity index is 2.35. The average Bonchev–Trinajstić information content (AvgIpc) is 2.67. The SMILES string of the molecule is COc1cc([N+](=O)[O-])cc(/C=C(/C#N)C(=O)N[C@@H](C)c2ccccc2)c1O. The first-order valence-electron chi connectivity index (χ1n) is 7.90. The predicted octanol–water partition coefficient (Wildman–Crippen LogP) is 3.09. The van der Waals surface area contributed by atoms with Crippen molar-refractivity contribution in [3.8, 4) is 17.6 Å². The Morgan fingerprint density at radius 1 is 1.37 bits per heavy atom. The van der Waals surface area contributed by atoms with Gasteiger partial charge in [0.05, 0.1) is 24.1 Å². The Morgan fingerprint density at radius 2 is 2.04 bits per heavy atom. The van der Waals surface area contributed by atoms with Gasteiger partial charge in [-0.15, -0.1) is 0 Å². The number of phenols is 1. The average molecular weight is 367 g/mol. The number of nitro benzene ring substituents is 1. The van der Waals surface area contributed by atoms with Gasteiger partial charge in [0.1, 0.15) is 11.6 Å². The van der Waals surface area contributed by atoms with Gasteiger partial charge < -0.3 is 15.2 Å². The molecule has 0 fully saturated rings. The van der Waals surface area contributed by atoms with Crippen molar-refractivity contribution in [2.75, 3.05) is 7.11 Å². The molecule has 0 aromatic heterocycles. The molecule has 2 rings (SSSR count). The lowest BCUT2D eigenvalue weighted by Gasteiger charge is -2.14. The zero-order valence-corrected chi connectivity index (χ0v) is 14.7. The Morgan fingerprint density at radius 3 is 2.59 bits per heavy atom. The van der Waals surface area contributed by atoms with Crippen molar-refractivity contribution in [1.82, 2.24) is 5.32 Å².